The molecule has 1 saturated carbocycles. The number of para-hydroxylation sites is 1. The van der Waals surface area contributed by atoms with Crippen LogP contribution in [0.1, 0.15) is 43.8 Å². The maximum absolute atomic E-state index is 14.7. The molecule has 0 amide bonds. The van der Waals surface area contributed by atoms with E-state index in [2.05, 4.69) is 46.0 Å². The Labute approximate surface area is 202 Å². The van der Waals surface area contributed by atoms with Crippen LogP contribution < -0.4 is 15.0 Å². The quantitative estimate of drug-likeness (QED) is 0.541. The van der Waals surface area contributed by atoms with E-state index in [-0.39, 0.29) is 17.9 Å². The second kappa shape index (κ2) is 10.4. The summed E-state index contributed by atoms with van der Waals surface area (Å²) in [5.41, 5.74) is 2.76. The molecule has 2 aromatic rings. The van der Waals surface area contributed by atoms with Crippen LogP contribution in [0.4, 0.5) is 10.1 Å². The molecule has 2 aromatic carbocycles. The number of anilines is 1. The van der Waals surface area contributed by atoms with E-state index in [1.54, 1.807) is 12.1 Å². The number of ether oxygens (including phenoxy) is 1. The van der Waals surface area contributed by atoms with Crippen molar-refractivity contribution in [3.8, 4) is 5.75 Å². The highest BCUT2D eigenvalue weighted by Gasteiger charge is 2.31. The molecule has 5 rings (SSSR count). The Morgan fingerprint density at radius 3 is 2.56 bits per heavy atom. The summed E-state index contributed by atoms with van der Waals surface area (Å²) in [6.45, 7) is 9.03. The van der Waals surface area contributed by atoms with Crippen LogP contribution in [0.15, 0.2) is 60.8 Å². The Morgan fingerprint density at radius 2 is 1.85 bits per heavy atom. The molecule has 2 saturated heterocycles. The van der Waals surface area contributed by atoms with Gasteiger partial charge in [-0.25, -0.2) is 4.39 Å². The van der Waals surface area contributed by atoms with E-state index in [0.29, 0.717) is 18.0 Å². The standard InChI is InChI=1S/C28H36FN3O2/c1-20(22-13-16-32(18-22)23-7-3-2-4-8-23)30-26(19-31-14-5-6-15-31)28(33)21-9-12-27(25(29)17-21)34-24-10-11-24/h2-4,7-9,12,17,22,24,26,28,30,33H,1,5-6,10-11,13-16,18-19H2/t22-,26-,28-/m1/s1. The van der Waals surface area contributed by atoms with Crippen LogP contribution in [0.5, 0.6) is 5.75 Å². The zero-order valence-electron chi connectivity index (χ0n) is 19.8. The van der Waals surface area contributed by atoms with Gasteiger partial charge < -0.3 is 25.0 Å². The van der Waals surface area contributed by atoms with Crippen molar-refractivity contribution in [1.82, 2.24) is 10.2 Å². The van der Waals surface area contributed by atoms with Crippen molar-refractivity contribution in [1.29, 1.82) is 0 Å². The fourth-order valence-electron chi connectivity index (χ4n) is 5.14. The average molecular weight is 466 g/mol. The van der Waals surface area contributed by atoms with Crippen molar-refractivity contribution >= 4 is 5.69 Å². The molecule has 1 aliphatic carbocycles. The highest BCUT2D eigenvalue weighted by Crippen LogP contribution is 2.32. The SMILES string of the molecule is C=C(N[C@H](CN1CCCC1)[C@H](O)c1ccc(OC2CC2)c(F)c1)[C@@H]1CCN(c2ccccc2)C1. The number of halogens is 1. The minimum absolute atomic E-state index is 0.139. The second-order valence-corrected chi connectivity index (χ2v) is 10.0. The first kappa shape index (κ1) is 23.2. The van der Waals surface area contributed by atoms with Crippen LogP contribution in [0.25, 0.3) is 0 Å². The van der Waals surface area contributed by atoms with Gasteiger partial charge in [0.1, 0.15) is 6.10 Å². The van der Waals surface area contributed by atoms with Crippen LogP contribution >= 0.6 is 0 Å². The summed E-state index contributed by atoms with van der Waals surface area (Å²) in [6.07, 6.45) is 4.65. The topological polar surface area (TPSA) is 48.0 Å². The smallest absolute Gasteiger partial charge is 0.165 e. The Balaban J connectivity index is 1.26. The summed E-state index contributed by atoms with van der Waals surface area (Å²) in [6, 6.07) is 15.1. The molecular formula is C28H36FN3O2. The first-order chi connectivity index (χ1) is 16.6. The molecule has 0 bridgehead atoms. The van der Waals surface area contributed by atoms with E-state index in [1.807, 2.05) is 6.07 Å². The predicted octanol–water partition coefficient (Wildman–Crippen LogP) is 4.49. The number of aliphatic hydroxyl groups excluding tert-OH is 1. The van der Waals surface area contributed by atoms with Crippen LogP contribution in [0.2, 0.25) is 0 Å². The Morgan fingerprint density at radius 1 is 1.09 bits per heavy atom. The number of likely N-dealkylation sites (tertiary alicyclic amines) is 1. The van der Waals surface area contributed by atoms with Gasteiger partial charge in [-0.2, -0.15) is 0 Å². The normalized spacial score (nSPS) is 22.5. The van der Waals surface area contributed by atoms with Gasteiger partial charge in [-0.1, -0.05) is 30.8 Å². The molecular weight excluding hydrogens is 429 g/mol. The monoisotopic (exact) mass is 465 g/mol. The molecule has 0 unspecified atom stereocenters. The summed E-state index contributed by atoms with van der Waals surface area (Å²) in [5.74, 6) is 0.176. The Bertz CT molecular complexity index is 975. The molecule has 0 radical (unpaired) electrons. The van der Waals surface area contributed by atoms with E-state index in [0.717, 1.165) is 51.1 Å². The average Bonchev–Trinajstić information content (AvgIpc) is 3.30. The highest BCUT2D eigenvalue weighted by molar-refractivity contribution is 5.47. The number of nitrogens with one attached hydrogen (secondary N) is 1. The van der Waals surface area contributed by atoms with Gasteiger partial charge in [-0.05, 0) is 75.0 Å². The molecule has 2 heterocycles. The van der Waals surface area contributed by atoms with Crippen LogP contribution in [-0.2, 0) is 0 Å². The van der Waals surface area contributed by atoms with E-state index >= 15 is 0 Å². The van der Waals surface area contributed by atoms with Crippen molar-refractivity contribution in [2.45, 2.75) is 50.4 Å². The summed E-state index contributed by atoms with van der Waals surface area (Å²) < 4.78 is 20.3. The second-order valence-electron chi connectivity index (χ2n) is 10.0. The third-order valence-corrected chi connectivity index (χ3v) is 7.32. The lowest BCUT2D eigenvalue weighted by atomic mass is 9.98. The number of benzene rings is 2. The molecule has 6 heteroatoms. The van der Waals surface area contributed by atoms with Gasteiger partial charge in [0.25, 0.3) is 0 Å². The number of hydrogen-bond donors (Lipinski definition) is 2. The van der Waals surface area contributed by atoms with Crippen LogP contribution in [0, 0.1) is 11.7 Å². The zero-order chi connectivity index (χ0) is 23.5. The van der Waals surface area contributed by atoms with Crippen molar-refractivity contribution in [3.63, 3.8) is 0 Å². The van der Waals surface area contributed by atoms with Crippen molar-refractivity contribution in [2.24, 2.45) is 5.92 Å². The molecule has 182 valence electrons. The molecule has 2 aliphatic heterocycles. The first-order valence-corrected chi connectivity index (χ1v) is 12.7. The lowest BCUT2D eigenvalue weighted by Gasteiger charge is -2.32. The van der Waals surface area contributed by atoms with Gasteiger partial charge in [0.2, 0.25) is 0 Å². The van der Waals surface area contributed by atoms with Crippen molar-refractivity contribution < 1.29 is 14.2 Å². The molecule has 5 nitrogen and oxygen atoms in total. The molecule has 3 aliphatic rings. The van der Waals surface area contributed by atoms with E-state index < -0.39 is 11.9 Å². The fraction of sp³-hybridized carbons (Fsp3) is 0.500. The largest absolute Gasteiger partial charge is 0.487 e. The molecule has 3 fully saturated rings. The lowest BCUT2D eigenvalue weighted by Crippen LogP contribution is -2.44. The van der Waals surface area contributed by atoms with Crippen LogP contribution in [-0.4, -0.2) is 54.9 Å². The summed E-state index contributed by atoms with van der Waals surface area (Å²) in [4.78, 5) is 4.76. The Hall–Kier alpha value is -2.57. The third kappa shape index (κ3) is 5.56. The van der Waals surface area contributed by atoms with Crippen molar-refractivity contribution in [2.75, 3.05) is 37.6 Å². The number of aliphatic hydroxyl groups is 1. The lowest BCUT2D eigenvalue weighted by molar-refractivity contribution is 0.110. The van der Waals surface area contributed by atoms with Gasteiger partial charge in [0, 0.05) is 36.9 Å². The maximum atomic E-state index is 14.7. The van der Waals surface area contributed by atoms with Crippen LogP contribution in [0.3, 0.4) is 0 Å². The number of nitrogens with zero attached hydrogens (tertiary/aromatic N) is 2. The minimum Gasteiger partial charge on any atom is -0.487 e. The third-order valence-electron chi connectivity index (χ3n) is 7.32. The molecule has 0 aromatic heterocycles. The van der Waals surface area contributed by atoms with E-state index in [1.165, 1.54) is 24.6 Å². The van der Waals surface area contributed by atoms with E-state index in [9.17, 15) is 9.50 Å². The zero-order valence-corrected chi connectivity index (χ0v) is 19.8. The minimum atomic E-state index is -0.839. The van der Waals surface area contributed by atoms with Gasteiger partial charge in [-0.3, -0.25) is 0 Å². The van der Waals surface area contributed by atoms with Crippen molar-refractivity contribution in [3.05, 3.63) is 72.2 Å². The molecule has 2 N–H and O–H groups in total. The number of rotatable bonds is 10. The van der Waals surface area contributed by atoms with Gasteiger partial charge >= 0.3 is 0 Å². The van der Waals surface area contributed by atoms with Gasteiger partial charge in [-0.15, -0.1) is 0 Å². The molecule has 0 spiro atoms. The highest BCUT2D eigenvalue weighted by atomic mass is 19.1. The number of hydrogen-bond acceptors (Lipinski definition) is 5. The first-order valence-electron chi connectivity index (χ1n) is 12.7. The fourth-order valence-corrected chi connectivity index (χ4v) is 5.14. The summed E-state index contributed by atoms with van der Waals surface area (Å²) in [7, 11) is 0. The summed E-state index contributed by atoms with van der Waals surface area (Å²) >= 11 is 0. The molecule has 3 atom stereocenters. The van der Waals surface area contributed by atoms with E-state index in [4.69, 9.17) is 4.74 Å². The Kier molecular flexibility index (Phi) is 7.07. The maximum Gasteiger partial charge on any atom is 0.165 e. The van der Waals surface area contributed by atoms with Gasteiger partial charge in [0.15, 0.2) is 11.6 Å². The summed E-state index contributed by atoms with van der Waals surface area (Å²) in [5, 5.41) is 14.9. The molecule has 34 heavy (non-hydrogen) atoms. The predicted molar refractivity (Wildman–Crippen MR) is 134 cm³/mol. The van der Waals surface area contributed by atoms with Gasteiger partial charge in [0.05, 0.1) is 12.1 Å².